The van der Waals surface area contributed by atoms with Crippen LogP contribution in [-0.2, 0) is 12.0 Å². The number of nitrogens with one attached hydrogen (secondary N) is 1. The summed E-state index contributed by atoms with van der Waals surface area (Å²) < 4.78 is 0. The molecule has 0 unspecified atom stereocenters. The molecule has 0 saturated heterocycles. The van der Waals surface area contributed by atoms with Crippen LogP contribution in [0.1, 0.15) is 37.8 Å². The van der Waals surface area contributed by atoms with Gasteiger partial charge in [-0.3, -0.25) is 4.90 Å². The Kier molecular flexibility index (Phi) is 4.81. The molecule has 1 heterocycles. The zero-order valence-corrected chi connectivity index (χ0v) is 14.9. The van der Waals surface area contributed by atoms with Crippen LogP contribution >= 0.6 is 11.6 Å². The molecular weight excluding hydrogens is 320 g/mol. The smallest absolute Gasteiger partial charge is 0.322 e. The Labute approximate surface area is 148 Å². The van der Waals surface area contributed by atoms with Gasteiger partial charge in [-0.25, -0.2) is 4.79 Å². The molecule has 1 aliphatic rings. The summed E-state index contributed by atoms with van der Waals surface area (Å²) in [5.41, 5.74) is 2.83. The van der Waals surface area contributed by atoms with E-state index in [1.54, 1.807) is 0 Å². The molecule has 0 radical (unpaired) electrons. The van der Waals surface area contributed by atoms with Gasteiger partial charge in [0.1, 0.15) is 0 Å². The molecule has 0 aromatic heterocycles. The second-order valence-electron chi connectivity index (χ2n) is 6.80. The van der Waals surface area contributed by atoms with Crippen molar-refractivity contribution in [3.8, 4) is 0 Å². The van der Waals surface area contributed by atoms with Crippen LogP contribution in [0.3, 0.4) is 0 Å². The molecule has 0 atom stereocenters. The topological polar surface area (TPSA) is 32.3 Å². The fraction of sp³-hybridized carbons (Fsp3) is 0.350. The van der Waals surface area contributed by atoms with Crippen LogP contribution in [0, 0.1) is 0 Å². The van der Waals surface area contributed by atoms with E-state index in [9.17, 15) is 4.79 Å². The minimum atomic E-state index is -0.469. The van der Waals surface area contributed by atoms with Crippen molar-refractivity contribution in [3.05, 3.63) is 64.7 Å². The summed E-state index contributed by atoms with van der Waals surface area (Å²) in [5.74, 6) is 0. The molecule has 0 saturated carbocycles. The van der Waals surface area contributed by atoms with E-state index in [-0.39, 0.29) is 6.03 Å². The maximum Gasteiger partial charge on any atom is 0.322 e. The van der Waals surface area contributed by atoms with Crippen molar-refractivity contribution in [1.82, 2.24) is 5.32 Å². The van der Waals surface area contributed by atoms with Crippen LogP contribution in [0.25, 0.3) is 0 Å². The molecule has 2 amide bonds. The number of urea groups is 1. The van der Waals surface area contributed by atoms with E-state index in [1.807, 2.05) is 61.2 Å². The summed E-state index contributed by atoms with van der Waals surface area (Å²) in [6, 6.07) is 15.8. The molecule has 24 heavy (non-hydrogen) atoms. The minimum Gasteiger partial charge on any atom is -0.329 e. The minimum absolute atomic E-state index is 0.0516. The van der Waals surface area contributed by atoms with Crippen LogP contribution in [-0.4, -0.2) is 12.6 Å². The van der Waals surface area contributed by atoms with Gasteiger partial charge < -0.3 is 5.32 Å². The number of fused-ring (bicyclic) bond motifs is 1. The third-order valence-corrected chi connectivity index (χ3v) is 4.84. The standard InChI is InChI=1S/C20H23ClN2O/c1-20(2,16-10-12-17(21)13-11-16)22-19(24)23-14-6-5-8-15-7-3-4-9-18(15)23/h3-4,7,9-13H,5-6,8,14H2,1-2H3,(H,22,24). The van der Waals surface area contributed by atoms with E-state index in [2.05, 4.69) is 11.4 Å². The second-order valence-corrected chi connectivity index (χ2v) is 7.24. The molecule has 2 aromatic rings. The number of nitrogens with zero attached hydrogens (tertiary/aromatic N) is 1. The predicted octanol–water partition coefficient (Wildman–Crippen LogP) is 5.13. The van der Waals surface area contributed by atoms with Crippen molar-refractivity contribution in [3.63, 3.8) is 0 Å². The van der Waals surface area contributed by atoms with Crippen molar-refractivity contribution < 1.29 is 4.79 Å². The Hall–Kier alpha value is -2.00. The highest BCUT2D eigenvalue weighted by Gasteiger charge is 2.27. The second kappa shape index (κ2) is 6.86. The molecule has 3 nitrogen and oxygen atoms in total. The van der Waals surface area contributed by atoms with Gasteiger partial charge in [0.2, 0.25) is 0 Å². The van der Waals surface area contributed by atoms with Gasteiger partial charge >= 0.3 is 6.03 Å². The number of hydrogen-bond donors (Lipinski definition) is 1. The fourth-order valence-electron chi connectivity index (χ4n) is 3.18. The quantitative estimate of drug-likeness (QED) is 0.806. The van der Waals surface area contributed by atoms with E-state index in [4.69, 9.17) is 11.6 Å². The van der Waals surface area contributed by atoms with Gasteiger partial charge in [-0.05, 0) is 62.4 Å². The number of amides is 2. The first-order chi connectivity index (χ1) is 11.5. The number of carbonyl (C=O) groups excluding carboxylic acids is 1. The lowest BCUT2D eigenvalue weighted by molar-refractivity contribution is 0.235. The lowest BCUT2D eigenvalue weighted by atomic mass is 9.94. The van der Waals surface area contributed by atoms with Crippen LogP contribution in [0.4, 0.5) is 10.5 Å². The van der Waals surface area contributed by atoms with Gasteiger partial charge in [-0.15, -0.1) is 0 Å². The van der Waals surface area contributed by atoms with Crippen molar-refractivity contribution in [2.24, 2.45) is 0 Å². The lowest BCUT2D eigenvalue weighted by Crippen LogP contribution is -2.49. The average Bonchev–Trinajstić information content (AvgIpc) is 2.77. The van der Waals surface area contributed by atoms with Crippen molar-refractivity contribution in [2.45, 2.75) is 38.6 Å². The van der Waals surface area contributed by atoms with Crippen molar-refractivity contribution in [1.29, 1.82) is 0 Å². The Morgan fingerprint density at radius 2 is 1.79 bits per heavy atom. The van der Waals surface area contributed by atoms with Crippen LogP contribution in [0.5, 0.6) is 0 Å². The molecule has 126 valence electrons. The number of halogens is 1. The van der Waals surface area contributed by atoms with E-state index in [0.717, 1.165) is 37.1 Å². The Balaban J connectivity index is 1.82. The van der Waals surface area contributed by atoms with Crippen LogP contribution in [0.2, 0.25) is 5.02 Å². The molecule has 0 bridgehead atoms. The molecular formula is C20H23ClN2O. The normalized spacial score (nSPS) is 14.7. The molecule has 3 rings (SSSR count). The van der Waals surface area contributed by atoms with Crippen molar-refractivity contribution in [2.75, 3.05) is 11.4 Å². The van der Waals surface area contributed by atoms with Crippen LogP contribution in [0.15, 0.2) is 48.5 Å². The zero-order valence-electron chi connectivity index (χ0n) is 14.2. The summed E-state index contributed by atoms with van der Waals surface area (Å²) >= 11 is 5.97. The third kappa shape index (κ3) is 3.57. The van der Waals surface area contributed by atoms with Gasteiger partial charge in [0.25, 0.3) is 0 Å². The maximum absolute atomic E-state index is 13.0. The largest absolute Gasteiger partial charge is 0.329 e. The van der Waals surface area contributed by atoms with E-state index in [0.29, 0.717) is 5.02 Å². The van der Waals surface area contributed by atoms with Gasteiger partial charge in [-0.1, -0.05) is 41.9 Å². The molecule has 0 aliphatic carbocycles. The van der Waals surface area contributed by atoms with Gasteiger partial charge in [-0.2, -0.15) is 0 Å². The monoisotopic (exact) mass is 342 g/mol. The number of rotatable bonds is 2. The zero-order chi connectivity index (χ0) is 17.2. The van der Waals surface area contributed by atoms with E-state index < -0.39 is 5.54 Å². The highest BCUT2D eigenvalue weighted by atomic mass is 35.5. The van der Waals surface area contributed by atoms with Crippen LogP contribution < -0.4 is 10.2 Å². The van der Waals surface area contributed by atoms with Crippen molar-refractivity contribution >= 4 is 23.3 Å². The summed E-state index contributed by atoms with van der Waals surface area (Å²) in [6.07, 6.45) is 3.16. The Morgan fingerprint density at radius 1 is 1.08 bits per heavy atom. The Bertz CT molecular complexity index is 725. The fourth-order valence-corrected chi connectivity index (χ4v) is 3.30. The first-order valence-corrected chi connectivity index (χ1v) is 8.79. The predicted molar refractivity (Wildman–Crippen MR) is 99.7 cm³/mol. The number of anilines is 1. The molecule has 1 aliphatic heterocycles. The number of carbonyl (C=O) groups is 1. The summed E-state index contributed by atoms with van der Waals surface area (Å²) in [7, 11) is 0. The molecule has 0 fully saturated rings. The third-order valence-electron chi connectivity index (χ3n) is 4.59. The number of hydrogen-bond acceptors (Lipinski definition) is 1. The van der Waals surface area contributed by atoms with E-state index in [1.165, 1.54) is 5.56 Å². The number of benzene rings is 2. The number of para-hydroxylation sites is 1. The highest BCUT2D eigenvalue weighted by molar-refractivity contribution is 6.30. The van der Waals surface area contributed by atoms with E-state index >= 15 is 0 Å². The summed E-state index contributed by atoms with van der Waals surface area (Å²) in [6.45, 7) is 4.77. The SMILES string of the molecule is CC(C)(NC(=O)N1CCCCc2ccccc21)c1ccc(Cl)cc1. The van der Waals surface area contributed by atoms with Gasteiger partial charge in [0, 0.05) is 17.3 Å². The van der Waals surface area contributed by atoms with Gasteiger partial charge in [0.05, 0.1) is 5.54 Å². The molecule has 1 N–H and O–H groups in total. The molecule has 2 aromatic carbocycles. The first kappa shape index (κ1) is 16.8. The summed E-state index contributed by atoms with van der Waals surface area (Å²) in [5, 5.41) is 3.87. The molecule has 4 heteroatoms. The van der Waals surface area contributed by atoms with Gasteiger partial charge in [0.15, 0.2) is 0 Å². The molecule has 0 spiro atoms. The first-order valence-electron chi connectivity index (χ1n) is 8.41. The maximum atomic E-state index is 13.0. The number of aryl methyl sites for hydroxylation is 1. The highest BCUT2D eigenvalue weighted by Crippen LogP contribution is 2.28. The Morgan fingerprint density at radius 3 is 2.54 bits per heavy atom. The average molecular weight is 343 g/mol. The lowest BCUT2D eigenvalue weighted by Gasteiger charge is -2.31. The summed E-state index contributed by atoms with van der Waals surface area (Å²) in [4.78, 5) is 14.8.